The number of nitrogens with two attached hydrogens (primary N) is 1. The van der Waals surface area contributed by atoms with Gasteiger partial charge < -0.3 is 10.5 Å². The molecule has 5 heteroatoms. The third kappa shape index (κ3) is 2.65. The zero-order chi connectivity index (χ0) is 18.5. The van der Waals surface area contributed by atoms with Gasteiger partial charge in [-0.05, 0) is 98.2 Å². The van der Waals surface area contributed by atoms with Crippen LogP contribution in [0.15, 0.2) is 16.8 Å². The van der Waals surface area contributed by atoms with E-state index in [-0.39, 0.29) is 16.4 Å². The van der Waals surface area contributed by atoms with Gasteiger partial charge in [-0.3, -0.25) is 5.43 Å². The van der Waals surface area contributed by atoms with Crippen molar-refractivity contribution in [2.75, 3.05) is 0 Å². The van der Waals surface area contributed by atoms with E-state index in [1.165, 1.54) is 44.8 Å². The van der Waals surface area contributed by atoms with Crippen LogP contribution in [0.3, 0.4) is 0 Å². The number of carbonyl (C=O) groups is 1. The lowest BCUT2D eigenvalue weighted by atomic mass is 9.47. The average molecular weight is 374 g/mol. The first kappa shape index (κ1) is 18.1. The SMILES string of the molecule is C[C@]12CCC3C(CCC4=C/C(=N/NC(N)=S)CC[C@@]43C)C1CCC2C=O. The van der Waals surface area contributed by atoms with Crippen LogP contribution in [-0.4, -0.2) is 17.1 Å². The van der Waals surface area contributed by atoms with Crippen molar-refractivity contribution >= 4 is 29.3 Å². The predicted molar refractivity (Wildman–Crippen MR) is 109 cm³/mol. The van der Waals surface area contributed by atoms with Crippen molar-refractivity contribution in [3.05, 3.63) is 11.6 Å². The van der Waals surface area contributed by atoms with E-state index >= 15 is 0 Å². The lowest BCUT2D eigenvalue weighted by Crippen LogP contribution is -2.50. The Hall–Kier alpha value is -1.23. The monoisotopic (exact) mass is 373 g/mol. The molecule has 0 aliphatic heterocycles. The number of allylic oxidation sites excluding steroid dienone is 2. The number of hydrogen-bond donors (Lipinski definition) is 2. The fourth-order valence-corrected chi connectivity index (χ4v) is 7.10. The van der Waals surface area contributed by atoms with E-state index in [9.17, 15) is 4.79 Å². The Balaban J connectivity index is 1.59. The highest BCUT2D eigenvalue weighted by Crippen LogP contribution is 2.66. The third-order valence-corrected chi connectivity index (χ3v) is 8.62. The molecule has 4 aliphatic carbocycles. The van der Waals surface area contributed by atoms with Crippen molar-refractivity contribution in [2.24, 2.45) is 45.3 Å². The fourth-order valence-electron chi connectivity index (χ4n) is 7.05. The van der Waals surface area contributed by atoms with Gasteiger partial charge in [0.2, 0.25) is 0 Å². The highest BCUT2D eigenvalue weighted by molar-refractivity contribution is 7.80. The molecule has 4 rings (SSSR count). The van der Waals surface area contributed by atoms with Gasteiger partial charge in [0.25, 0.3) is 0 Å². The second-order valence-electron chi connectivity index (χ2n) is 9.45. The summed E-state index contributed by atoms with van der Waals surface area (Å²) in [6, 6.07) is 0. The maximum Gasteiger partial charge on any atom is 0.184 e. The Bertz CT molecular complexity index is 687. The molecule has 0 aromatic carbocycles. The largest absolute Gasteiger partial charge is 0.375 e. The fraction of sp³-hybridized carbons (Fsp3) is 0.762. The summed E-state index contributed by atoms with van der Waals surface area (Å²) < 4.78 is 0. The van der Waals surface area contributed by atoms with Gasteiger partial charge in [0.05, 0.1) is 5.71 Å². The molecule has 0 aromatic heterocycles. The minimum Gasteiger partial charge on any atom is -0.375 e. The summed E-state index contributed by atoms with van der Waals surface area (Å²) in [7, 11) is 0. The molecule has 3 fully saturated rings. The molecule has 6 atom stereocenters. The van der Waals surface area contributed by atoms with E-state index in [2.05, 4.69) is 30.5 Å². The van der Waals surface area contributed by atoms with Crippen LogP contribution in [-0.2, 0) is 4.79 Å². The first-order valence-corrected chi connectivity index (χ1v) is 10.6. The number of rotatable bonds is 2. The van der Waals surface area contributed by atoms with Gasteiger partial charge in [-0.1, -0.05) is 19.4 Å². The molecular formula is C21H31N3OS. The van der Waals surface area contributed by atoms with Crippen molar-refractivity contribution < 1.29 is 4.79 Å². The topological polar surface area (TPSA) is 67.5 Å². The highest BCUT2D eigenvalue weighted by Gasteiger charge is 2.58. The van der Waals surface area contributed by atoms with E-state index < -0.39 is 0 Å². The molecule has 0 amide bonds. The second kappa shape index (κ2) is 6.43. The lowest BCUT2D eigenvalue weighted by molar-refractivity contribution is -0.117. The zero-order valence-electron chi connectivity index (χ0n) is 16.0. The lowest BCUT2D eigenvalue weighted by Gasteiger charge is -2.58. The quantitative estimate of drug-likeness (QED) is 0.437. The van der Waals surface area contributed by atoms with Crippen LogP contribution in [0.1, 0.15) is 65.2 Å². The normalized spacial score (nSPS) is 45.9. The van der Waals surface area contributed by atoms with Crippen molar-refractivity contribution in [2.45, 2.75) is 65.2 Å². The number of fused-ring (bicyclic) bond motifs is 5. The molecule has 3 saturated carbocycles. The number of nitrogens with zero attached hydrogens (tertiary/aromatic N) is 1. The summed E-state index contributed by atoms with van der Waals surface area (Å²) in [5, 5.41) is 4.61. The Morgan fingerprint density at radius 1 is 1.23 bits per heavy atom. The summed E-state index contributed by atoms with van der Waals surface area (Å²) in [6.45, 7) is 4.89. The van der Waals surface area contributed by atoms with E-state index in [0.29, 0.717) is 5.41 Å². The second-order valence-corrected chi connectivity index (χ2v) is 9.89. The summed E-state index contributed by atoms with van der Waals surface area (Å²) >= 11 is 4.86. The van der Waals surface area contributed by atoms with Gasteiger partial charge in [-0.15, -0.1) is 0 Å². The molecule has 26 heavy (non-hydrogen) atoms. The number of carbonyl (C=O) groups excluding carboxylic acids is 1. The van der Waals surface area contributed by atoms with Gasteiger partial charge in [0.1, 0.15) is 6.29 Å². The summed E-state index contributed by atoms with van der Waals surface area (Å²) in [5.41, 5.74) is 11.4. The van der Waals surface area contributed by atoms with Crippen LogP contribution in [0.2, 0.25) is 0 Å². The van der Waals surface area contributed by atoms with Gasteiger partial charge in [-0.2, -0.15) is 5.10 Å². The van der Waals surface area contributed by atoms with Crippen molar-refractivity contribution in [3.63, 3.8) is 0 Å². The first-order chi connectivity index (χ1) is 12.4. The molecule has 0 saturated heterocycles. The minimum absolute atomic E-state index is 0.227. The van der Waals surface area contributed by atoms with Gasteiger partial charge in [0.15, 0.2) is 5.11 Å². The molecule has 0 spiro atoms. The average Bonchev–Trinajstić information content (AvgIpc) is 2.96. The van der Waals surface area contributed by atoms with Crippen LogP contribution in [0, 0.1) is 34.5 Å². The Morgan fingerprint density at radius 3 is 2.77 bits per heavy atom. The van der Waals surface area contributed by atoms with Gasteiger partial charge in [-0.25, -0.2) is 0 Å². The van der Waals surface area contributed by atoms with E-state index in [1.807, 2.05) is 0 Å². The van der Waals surface area contributed by atoms with Crippen LogP contribution < -0.4 is 11.2 Å². The molecule has 4 nitrogen and oxygen atoms in total. The number of thiocarbonyl (C=S) groups is 1. The van der Waals surface area contributed by atoms with Gasteiger partial charge in [0, 0.05) is 5.92 Å². The van der Waals surface area contributed by atoms with E-state index in [0.717, 1.165) is 36.3 Å². The molecule has 0 bridgehead atoms. The van der Waals surface area contributed by atoms with Crippen LogP contribution in [0.4, 0.5) is 0 Å². The molecular weight excluding hydrogens is 342 g/mol. The van der Waals surface area contributed by atoms with Crippen LogP contribution in [0.25, 0.3) is 0 Å². The number of hydrazone groups is 1. The first-order valence-electron chi connectivity index (χ1n) is 10.2. The predicted octanol–water partition coefficient (Wildman–Crippen LogP) is 3.95. The number of nitrogens with one attached hydrogen (secondary N) is 1. The van der Waals surface area contributed by atoms with Crippen LogP contribution in [0.5, 0.6) is 0 Å². The maximum absolute atomic E-state index is 11.6. The van der Waals surface area contributed by atoms with Crippen LogP contribution >= 0.6 is 12.2 Å². The standard InChI is InChI=1S/C21H31N3OS/c1-20-9-7-15(23-24-19(22)26)11-13(20)3-5-16-17-6-4-14(12-25)21(17,2)10-8-18(16)20/h11-12,14,16-18H,3-10H2,1-2H3,(H3,22,24,26)/b23-15+/t14?,16?,17?,18?,20-,21+/m0/s1. The molecule has 0 aromatic rings. The van der Waals surface area contributed by atoms with E-state index in [4.69, 9.17) is 18.0 Å². The Labute approximate surface area is 162 Å². The highest BCUT2D eigenvalue weighted by atomic mass is 32.1. The summed E-state index contributed by atoms with van der Waals surface area (Å²) in [5.74, 6) is 2.57. The van der Waals surface area contributed by atoms with Gasteiger partial charge >= 0.3 is 0 Å². The minimum atomic E-state index is 0.227. The summed E-state index contributed by atoms with van der Waals surface area (Å²) in [4.78, 5) is 11.6. The van der Waals surface area contributed by atoms with E-state index in [1.54, 1.807) is 5.57 Å². The Kier molecular flexibility index (Phi) is 4.49. The molecule has 0 radical (unpaired) electrons. The third-order valence-electron chi connectivity index (χ3n) is 8.52. The zero-order valence-corrected chi connectivity index (χ0v) is 16.8. The number of hydrogen-bond acceptors (Lipinski definition) is 3. The Morgan fingerprint density at radius 2 is 2.04 bits per heavy atom. The van der Waals surface area contributed by atoms with Crippen molar-refractivity contribution in [1.82, 2.24) is 5.43 Å². The molecule has 3 N–H and O–H groups in total. The van der Waals surface area contributed by atoms with Crippen molar-refractivity contribution in [1.29, 1.82) is 0 Å². The maximum atomic E-state index is 11.6. The molecule has 4 unspecified atom stereocenters. The molecule has 4 aliphatic rings. The smallest absolute Gasteiger partial charge is 0.184 e. The molecule has 142 valence electrons. The summed E-state index contributed by atoms with van der Waals surface area (Å²) in [6.07, 6.45) is 13.0. The molecule has 0 heterocycles. The number of aldehydes is 1. The van der Waals surface area contributed by atoms with Crippen molar-refractivity contribution in [3.8, 4) is 0 Å².